The number of benzene rings is 2. The molecule has 0 saturated heterocycles. The molecule has 39 heavy (non-hydrogen) atoms. The number of nitrogens with zero attached hydrogens (tertiary/aromatic N) is 1. The minimum Gasteiger partial charge on any atom is -0.444 e. The first-order valence-corrected chi connectivity index (χ1v) is 13.8. The standard InChI is InChI=1S/C31H44ClN3O4/c1-11-31(9,10)35(28(37)24(19(2)3)34-29(38)39-30(6,7)8)26(22-16-12-14-20(4)18-22)27(36)33-25-21(5)15-13-17-23(25)32/h12-19,24,26H,11H2,1-10H3,(H,33,36)(H,34,38). The average Bonchev–Trinajstić information content (AvgIpc) is 2.81. The van der Waals surface area contributed by atoms with E-state index in [-0.39, 0.29) is 11.8 Å². The number of carbonyl (C=O) groups excluding carboxylic acids is 3. The van der Waals surface area contributed by atoms with Crippen molar-refractivity contribution in [2.75, 3.05) is 5.32 Å². The van der Waals surface area contributed by atoms with Crippen LogP contribution in [-0.4, -0.2) is 40.0 Å². The van der Waals surface area contributed by atoms with Crippen molar-refractivity contribution in [1.29, 1.82) is 0 Å². The molecule has 2 atom stereocenters. The van der Waals surface area contributed by atoms with Crippen molar-refractivity contribution in [3.05, 3.63) is 64.2 Å². The summed E-state index contributed by atoms with van der Waals surface area (Å²) in [5.74, 6) is -1.04. The summed E-state index contributed by atoms with van der Waals surface area (Å²) in [4.78, 5) is 43.0. The predicted molar refractivity (Wildman–Crippen MR) is 158 cm³/mol. The van der Waals surface area contributed by atoms with Gasteiger partial charge < -0.3 is 20.3 Å². The largest absolute Gasteiger partial charge is 0.444 e. The van der Waals surface area contributed by atoms with Crippen LogP contribution >= 0.6 is 11.6 Å². The Morgan fingerprint density at radius 3 is 2.13 bits per heavy atom. The summed E-state index contributed by atoms with van der Waals surface area (Å²) in [6, 6.07) is 11.0. The minimum absolute atomic E-state index is 0.271. The van der Waals surface area contributed by atoms with Gasteiger partial charge >= 0.3 is 6.09 Å². The molecule has 0 heterocycles. The number of para-hydroxylation sites is 1. The molecule has 0 radical (unpaired) electrons. The van der Waals surface area contributed by atoms with Crippen LogP contribution in [-0.2, 0) is 14.3 Å². The molecule has 2 aromatic rings. The second kappa shape index (κ2) is 12.9. The van der Waals surface area contributed by atoms with Gasteiger partial charge in [0.15, 0.2) is 0 Å². The summed E-state index contributed by atoms with van der Waals surface area (Å²) in [5.41, 5.74) is 1.43. The first kappa shape index (κ1) is 32.2. The lowest BCUT2D eigenvalue weighted by Crippen LogP contribution is -2.60. The lowest BCUT2D eigenvalue weighted by molar-refractivity contribution is -0.148. The fourth-order valence-corrected chi connectivity index (χ4v) is 4.55. The molecule has 0 spiro atoms. The zero-order chi connectivity index (χ0) is 29.7. The van der Waals surface area contributed by atoms with Crippen molar-refractivity contribution < 1.29 is 19.1 Å². The fraction of sp³-hybridized carbons (Fsp3) is 0.516. The zero-order valence-electron chi connectivity index (χ0n) is 24.9. The Balaban J connectivity index is 2.67. The lowest BCUT2D eigenvalue weighted by atomic mass is 9.90. The quantitative estimate of drug-likeness (QED) is 0.341. The van der Waals surface area contributed by atoms with E-state index >= 15 is 0 Å². The SMILES string of the molecule is CCC(C)(C)N(C(=O)C(NC(=O)OC(C)(C)C)C(C)C)C(C(=O)Nc1c(C)cccc1Cl)c1cccc(C)c1. The summed E-state index contributed by atoms with van der Waals surface area (Å²) < 4.78 is 5.46. The smallest absolute Gasteiger partial charge is 0.408 e. The van der Waals surface area contributed by atoms with E-state index < -0.39 is 35.2 Å². The van der Waals surface area contributed by atoms with Crippen LogP contribution in [0.3, 0.4) is 0 Å². The van der Waals surface area contributed by atoms with Crippen molar-refractivity contribution in [2.24, 2.45) is 5.92 Å². The molecule has 2 N–H and O–H groups in total. The van der Waals surface area contributed by atoms with Gasteiger partial charge in [-0.25, -0.2) is 4.79 Å². The Bertz CT molecular complexity index is 1170. The lowest BCUT2D eigenvalue weighted by Gasteiger charge is -2.45. The number of amides is 3. The van der Waals surface area contributed by atoms with E-state index in [0.717, 1.165) is 11.1 Å². The third kappa shape index (κ3) is 8.46. The van der Waals surface area contributed by atoms with Crippen molar-refractivity contribution in [2.45, 2.75) is 98.9 Å². The molecular weight excluding hydrogens is 514 g/mol. The van der Waals surface area contributed by atoms with E-state index in [1.54, 1.807) is 31.7 Å². The normalized spacial score (nSPS) is 13.4. The third-order valence-electron chi connectivity index (χ3n) is 6.69. The molecule has 2 aromatic carbocycles. The second-order valence-electron chi connectivity index (χ2n) is 12.0. The van der Waals surface area contributed by atoms with Gasteiger partial charge in [-0.15, -0.1) is 0 Å². The summed E-state index contributed by atoms with van der Waals surface area (Å²) in [6.07, 6.45) is -0.122. The van der Waals surface area contributed by atoms with Crippen LogP contribution in [0.15, 0.2) is 42.5 Å². The maximum atomic E-state index is 14.4. The molecule has 0 aliphatic rings. The molecule has 7 nitrogen and oxygen atoms in total. The molecule has 3 amide bonds. The number of aryl methyl sites for hydroxylation is 2. The van der Waals surface area contributed by atoms with Gasteiger partial charge in [0.2, 0.25) is 5.91 Å². The molecule has 8 heteroatoms. The predicted octanol–water partition coefficient (Wildman–Crippen LogP) is 7.20. The van der Waals surface area contributed by atoms with Crippen LogP contribution in [0.25, 0.3) is 0 Å². The maximum Gasteiger partial charge on any atom is 0.408 e. The van der Waals surface area contributed by atoms with Gasteiger partial charge in [-0.05, 0) is 78.0 Å². The maximum absolute atomic E-state index is 14.4. The molecule has 0 saturated carbocycles. The number of anilines is 1. The Morgan fingerprint density at radius 1 is 1.00 bits per heavy atom. The molecule has 0 aliphatic carbocycles. The molecule has 2 unspecified atom stereocenters. The number of hydrogen-bond donors (Lipinski definition) is 2. The molecule has 0 bridgehead atoms. The highest BCUT2D eigenvalue weighted by molar-refractivity contribution is 6.34. The number of rotatable bonds is 9. The fourth-order valence-electron chi connectivity index (χ4n) is 4.28. The number of ether oxygens (including phenoxy) is 1. The monoisotopic (exact) mass is 557 g/mol. The molecule has 0 fully saturated rings. The Morgan fingerprint density at radius 2 is 1.62 bits per heavy atom. The van der Waals surface area contributed by atoms with E-state index in [9.17, 15) is 14.4 Å². The van der Waals surface area contributed by atoms with Crippen LogP contribution in [0.5, 0.6) is 0 Å². The molecule has 2 rings (SSSR count). The Labute approximate surface area is 238 Å². The van der Waals surface area contributed by atoms with Crippen LogP contribution in [0.4, 0.5) is 10.5 Å². The highest BCUT2D eigenvalue weighted by Gasteiger charge is 2.44. The number of hydrogen-bond acceptors (Lipinski definition) is 4. The van der Waals surface area contributed by atoms with E-state index in [1.807, 2.05) is 84.9 Å². The number of nitrogens with one attached hydrogen (secondary N) is 2. The molecular formula is C31H44ClN3O4. The van der Waals surface area contributed by atoms with E-state index in [4.69, 9.17) is 16.3 Å². The topological polar surface area (TPSA) is 87.7 Å². The zero-order valence-corrected chi connectivity index (χ0v) is 25.7. The van der Waals surface area contributed by atoms with Gasteiger partial charge in [0.05, 0.1) is 10.7 Å². The average molecular weight is 558 g/mol. The Hall–Kier alpha value is -3.06. The van der Waals surface area contributed by atoms with Gasteiger partial charge in [-0.3, -0.25) is 9.59 Å². The Kier molecular flexibility index (Phi) is 10.6. The number of alkyl carbamates (subject to hydrolysis) is 1. The molecule has 0 aromatic heterocycles. The van der Waals surface area contributed by atoms with Crippen LogP contribution in [0.1, 0.15) is 84.5 Å². The molecule has 0 aliphatic heterocycles. The van der Waals surface area contributed by atoms with Crippen molar-refractivity contribution in [3.8, 4) is 0 Å². The highest BCUT2D eigenvalue weighted by atomic mass is 35.5. The van der Waals surface area contributed by atoms with E-state index in [0.29, 0.717) is 22.7 Å². The van der Waals surface area contributed by atoms with Gasteiger partial charge in [0, 0.05) is 5.54 Å². The van der Waals surface area contributed by atoms with Crippen LogP contribution in [0, 0.1) is 19.8 Å². The first-order chi connectivity index (χ1) is 18.0. The van der Waals surface area contributed by atoms with Crippen LogP contribution < -0.4 is 10.6 Å². The van der Waals surface area contributed by atoms with Crippen molar-refractivity contribution in [1.82, 2.24) is 10.2 Å². The first-order valence-electron chi connectivity index (χ1n) is 13.4. The van der Waals surface area contributed by atoms with Gasteiger partial charge in [0.25, 0.3) is 5.91 Å². The summed E-state index contributed by atoms with van der Waals surface area (Å²) in [6.45, 7) is 18.6. The minimum atomic E-state index is -0.996. The molecule has 214 valence electrons. The van der Waals surface area contributed by atoms with Gasteiger partial charge in [-0.2, -0.15) is 0 Å². The van der Waals surface area contributed by atoms with E-state index in [2.05, 4.69) is 10.6 Å². The van der Waals surface area contributed by atoms with E-state index in [1.165, 1.54) is 0 Å². The van der Waals surface area contributed by atoms with Gasteiger partial charge in [0.1, 0.15) is 17.7 Å². The van der Waals surface area contributed by atoms with Gasteiger partial charge in [-0.1, -0.05) is 74.3 Å². The second-order valence-corrected chi connectivity index (χ2v) is 12.4. The number of carbonyl (C=O) groups is 3. The van der Waals surface area contributed by atoms with Crippen LogP contribution in [0.2, 0.25) is 5.02 Å². The van der Waals surface area contributed by atoms with Crippen molar-refractivity contribution >= 4 is 35.2 Å². The summed E-state index contributed by atoms with van der Waals surface area (Å²) in [7, 11) is 0. The van der Waals surface area contributed by atoms with Crippen molar-refractivity contribution in [3.63, 3.8) is 0 Å². The highest BCUT2D eigenvalue weighted by Crippen LogP contribution is 2.35. The summed E-state index contributed by atoms with van der Waals surface area (Å²) >= 11 is 6.45. The summed E-state index contributed by atoms with van der Waals surface area (Å²) in [5, 5.41) is 6.17. The number of halogens is 1. The third-order valence-corrected chi connectivity index (χ3v) is 7.01.